The molecule has 2 aliphatic rings. The van der Waals surface area contributed by atoms with Crippen LogP contribution in [0.2, 0.25) is 0 Å². The molecule has 2 aromatic rings. The monoisotopic (exact) mass is 490 g/mol. The van der Waals surface area contributed by atoms with E-state index in [9.17, 15) is 14.2 Å². The van der Waals surface area contributed by atoms with Crippen molar-refractivity contribution in [3.63, 3.8) is 0 Å². The molecule has 2 saturated heterocycles. The molecule has 4 rings (SSSR count). The number of rotatable bonds is 5. The number of nitrogens with zero attached hydrogens (tertiary/aromatic N) is 3. The molecule has 0 aromatic carbocycles. The predicted molar refractivity (Wildman–Crippen MR) is 113 cm³/mol. The quantitative estimate of drug-likeness (QED) is 0.310. The van der Waals surface area contributed by atoms with Gasteiger partial charge in [-0.05, 0) is 27.7 Å². The number of aromatic nitrogens is 4. The molecule has 0 saturated carbocycles. The summed E-state index contributed by atoms with van der Waals surface area (Å²) < 4.78 is 36.9. The highest BCUT2D eigenvalue weighted by Crippen LogP contribution is 2.57. The van der Waals surface area contributed by atoms with E-state index in [2.05, 4.69) is 20.0 Å². The average molecular weight is 491 g/mol. The molecular weight excluding hydrogens is 467 g/mol. The summed E-state index contributed by atoms with van der Waals surface area (Å²) in [6, 6.07) is -0.948. The Morgan fingerprint density at radius 2 is 2.22 bits per heavy atom. The van der Waals surface area contributed by atoms with Gasteiger partial charge in [-0.15, -0.1) is 11.6 Å². The van der Waals surface area contributed by atoms with Crippen LogP contribution >= 0.6 is 19.3 Å². The molecule has 176 valence electrons. The van der Waals surface area contributed by atoms with Crippen molar-refractivity contribution in [1.29, 1.82) is 0 Å². The maximum Gasteiger partial charge on any atom is 0.406 e. The SMILES string of the molecule is CC(C)OC(=O)C(C)NP1(=O)OC[C@H]2O[C@@H](n3cnc4c(=O)[nH]c(N)nc43)[C@](C)(Cl)[C@@H]2O1. The van der Waals surface area contributed by atoms with Gasteiger partial charge in [-0.25, -0.2) is 14.6 Å². The minimum Gasteiger partial charge on any atom is -0.462 e. The predicted octanol–water partition coefficient (Wildman–Crippen LogP) is 1.05. The highest BCUT2D eigenvalue weighted by Gasteiger charge is 2.60. The number of imidazole rings is 1. The zero-order chi connectivity index (χ0) is 23.4. The topological polar surface area (TPSA) is 173 Å². The Morgan fingerprint density at radius 1 is 1.50 bits per heavy atom. The number of hydrogen-bond donors (Lipinski definition) is 3. The number of alkyl halides is 1. The fraction of sp³-hybridized carbons (Fsp3) is 0.647. The Morgan fingerprint density at radius 3 is 2.91 bits per heavy atom. The van der Waals surface area contributed by atoms with Gasteiger partial charge in [0.1, 0.15) is 23.1 Å². The molecule has 0 radical (unpaired) electrons. The standard InChI is InChI=1S/C17H24ClN6O7P/c1-7(2)29-14(26)8(3)23-32(27)28-5-9-11(31-32)17(4,18)15(30-9)24-6-20-10-12(24)21-16(19)22-13(10)25/h6-9,11,15H,5H2,1-4H3,(H,23,27)(H3,19,21,22,25)/t8?,9-,11-,15-,17-,32?/m1/s1. The summed E-state index contributed by atoms with van der Waals surface area (Å²) in [7, 11) is -3.91. The molecule has 6 atom stereocenters. The summed E-state index contributed by atoms with van der Waals surface area (Å²) in [5.74, 6) is -0.691. The number of fused-ring (bicyclic) bond motifs is 2. The van der Waals surface area contributed by atoms with Crippen LogP contribution in [-0.2, 0) is 27.9 Å². The normalized spacial score (nSPS) is 33.4. The van der Waals surface area contributed by atoms with Crippen molar-refractivity contribution in [3.05, 3.63) is 16.7 Å². The smallest absolute Gasteiger partial charge is 0.406 e. The molecule has 2 aromatic heterocycles. The van der Waals surface area contributed by atoms with E-state index in [0.29, 0.717) is 0 Å². The number of ether oxygens (including phenoxy) is 2. The van der Waals surface area contributed by atoms with Gasteiger partial charge >= 0.3 is 13.7 Å². The number of nitrogens with one attached hydrogen (secondary N) is 2. The third kappa shape index (κ3) is 4.04. The molecule has 0 amide bonds. The highest BCUT2D eigenvalue weighted by molar-refractivity contribution is 7.51. The average Bonchev–Trinajstić information content (AvgIpc) is 3.19. The van der Waals surface area contributed by atoms with Crippen molar-refractivity contribution in [1.82, 2.24) is 24.6 Å². The summed E-state index contributed by atoms with van der Waals surface area (Å²) in [4.78, 5) is 33.5. The first-order valence-electron chi connectivity index (χ1n) is 9.89. The number of nitrogens with two attached hydrogens (primary N) is 1. The van der Waals surface area contributed by atoms with Gasteiger partial charge in [0.05, 0.1) is 19.0 Å². The van der Waals surface area contributed by atoms with Crippen LogP contribution in [0.1, 0.15) is 33.9 Å². The lowest BCUT2D eigenvalue weighted by Gasteiger charge is -2.36. The zero-order valence-corrected chi connectivity index (χ0v) is 19.4. The van der Waals surface area contributed by atoms with Crippen LogP contribution in [0, 0.1) is 0 Å². The van der Waals surface area contributed by atoms with E-state index in [1.807, 2.05) is 0 Å². The van der Waals surface area contributed by atoms with E-state index in [1.165, 1.54) is 17.8 Å². The van der Waals surface area contributed by atoms with Crippen molar-refractivity contribution in [2.24, 2.45) is 0 Å². The molecule has 13 nitrogen and oxygen atoms in total. The lowest BCUT2D eigenvalue weighted by molar-refractivity contribution is -0.149. The van der Waals surface area contributed by atoms with Crippen LogP contribution in [0.3, 0.4) is 0 Å². The summed E-state index contributed by atoms with van der Waals surface area (Å²) in [6.45, 7) is 6.43. The lowest BCUT2D eigenvalue weighted by atomic mass is 10.0. The van der Waals surface area contributed by atoms with Gasteiger partial charge in [-0.3, -0.25) is 28.2 Å². The molecule has 2 aliphatic heterocycles. The van der Waals surface area contributed by atoms with Crippen LogP contribution < -0.4 is 16.4 Å². The molecule has 2 fully saturated rings. The second-order valence-electron chi connectivity index (χ2n) is 8.11. The first-order valence-corrected chi connectivity index (χ1v) is 11.8. The van der Waals surface area contributed by atoms with E-state index in [-0.39, 0.29) is 29.8 Å². The second-order valence-corrected chi connectivity index (χ2v) is 10.6. The van der Waals surface area contributed by atoms with Crippen LogP contribution in [0.5, 0.6) is 0 Å². The first kappa shape index (κ1) is 23.1. The van der Waals surface area contributed by atoms with E-state index in [0.717, 1.165) is 0 Å². The van der Waals surface area contributed by atoms with E-state index < -0.39 is 48.6 Å². The first-order chi connectivity index (χ1) is 14.9. The largest absolute Gasteiger partial charge is 0.462 e. The summed E-state index contributed by atoms with van der Waals surface area (Å²) in [5.41, 5.74) is 5.39. The molecule has 0 spiro atoms. The molecule has 4 heterocycles. The van der Waals surface area contributed by atoms with Crippen molar-refractivity contribution in [3.8, 4) is 0 Å². The van der Waals surface area contributed by atoms with Crippen molar-refractivity contribution < 1.29 is 27.9 Å². The number of carbonyl (C=O) groups is 1. The van der Waals surface area contributed by atoms with E-state index in [4.69, 9.17) is 35.9 Å². The number of anilines is 1. The zero-order valence-electron chi connectivity index (χ0n) is 17.8. The molecule has 32 heavy (non-hydrogen) atoms. The van der Waals surface area contributed by atoms with Gasteiger partial charge in [0.2, 0.25) is 5.95 Å². The van der Waals surface area contributed by atoms with Gasteiger partial charge in [0.25, 0.3) is 5.56 Å². The number of H-pyrrole nitrogens is 1. The van der Waals surface area contributed by atoms with Crippen LogP contribution in [0.15, 0.2) is 11.1 Å². The Balaban J connectivity index is 1.58. The van der Waals surface area contributed by atoms with Crippen LogP contribution in [0.25, 0.3) is 11.2 Å². The van der Waals surface area contributed by atoms with Crippen LogP contribution in [0.4, 0.5) is 5.95 Å². The minimum atomic E-state index is -3.91. The van der Waals surface area contributed by atoms with Gasteiger partial charge in [-0.1, -0.05) is 0 Å². The number of halogens is 1. The summed E-state index contributed by atoms with van der Waals surface area (Å²) in [6.07, 6.45) is -1.43. The van der Waals surface area contributed by atoms with Crippen molar-refractivity contribution in [2.45, 2.75) is 63.2 Å². The van der Waals surface area contributed by atoms with Gasteiger partial charge < -0.3 is 15.2 Å². The van der Waals surface area contributed by atoms with Gasteiger partial charge in [-0.2, -0.15) is 4.98 Å². The fourth-order valence-corrected chi connectivity index (χ4v) is 5.84. The summed E-state index contributed by atoms with van der Waals surface area (Å²) >= 11 is 6.83. The van der Waals surface area contributed by atoms with Gasteiger partial charge in [0.15, 0.2) is 17.4 Å². The fourth-order valence-electron chi connectivity index (χ4n) is 3.67. The molecule has 4 N–H and O–H groups in total. The number of carbonyl (C=O) groups excluding carboxylic acids is 1. The summed E-state index contributed by atoms with van der Waals surface area (Å²) in [5, 5.41) is 2.57. The second kappa shape index (κ2) is 8.08. The Bertz CT molecular complexity index is 1150. The van der Waals surface area contributed by atoms with Crippen LogP contribution in [-0.4, -0.2) is 61.3 Å². The number of aromatic amines is 1. The maximum atomic E-state index is 13.2. The molecule has 2 unspecified atom stereocenters. The minimum absolute atomic E-state index is 0.0622. The Labute approximate surface area is 187 Å². The Kier molecular flexibility index (Phi) is 5.85. The van der Waals surface area contributed by atoms with E-state index in [1.54, 1.807) is 20.8 Å². The number of nitrogen functional groups attached to an aromatic ring is 1. The Hall–Kier alpha value is -2.02. The lowest BCUT2D eigenvalue weighted by Crippen LogP contribution is -2.47. The molecule has 15 heteroatoms. The highest BCUT2D eigenvalue weighted by atomic mass is 35.5. The number of esters is 1. The van der Waals surface area contributed by atoms with Crippen molar-refractivity contribution >= 4 is 42.4 Å². The van der Waals surface area contributed by atoms with Gasteiger partial charge in [0, 0.05) is 0 Å². The molecule has 0 bridgehead atoms. The molecular formula is C17H24ClN6O7P. The van der Waals surface area contributed by atoms with E-state index >= 15 is 0 Å². The maximum absolute atomic E-state index is 13.2. The van der Waals surface area contributed by atoms with Crippen molar-refractivity contribution in [2.75, 3.05) is 12.3 Å². The third-order valence-corrected chi connectivity index (χ3v) is 7.20. The molecule has 0 aliphatic carbocycles. The number of hydrogen-bond acceptors (Lipinski definition) is 10. The third-order valence-electron chi connectivity index (χ3n) is 5.10.